The van der Waals surface area contributed by atoms with Crippen molar-refractivity contribution in [3.63, 3.8) is 0 Å². The summed E-state index contributed by atoms with van der Waals surface area (Å²) >= 11 is 0. The Labute approximate surface area is 102 Å². The van der Waals surface area contributed by atoms with Crippen molar-refractivity contribution in [3.05, 3.63) is 53.6 Å². The zero-order chi connectivity index (χ0) is 12.3. The second-order valence-electron chi connectivity index (χ2n) is 4.37. The molecule has 2 aromatic rings. The molecule has 17 heavy (non-hydrogen) atoms. The Bertz CT molecular complexity index is 488. The van der Waals surface area contributed by atoms with Crippen LogP contribution in [0.15, 0.2) is 36.7 Å². The fourth-order valence-electron chi connectivity index (χ4n) is 2.04. The molecule has 0 bridgehead atoms. The molecule has 0 radical (unpaired) electrons. The van der Waals surface area contributed by atoms with E-state index in [2.05, 4.69) is 41.6 Å². The van der Waals surface area contributed by atoms with E-state index >= 15 is 0 Å². The fraction of sp³-hybridized carbons (Fsp3) is 0.357. The van der Waals surface area contributed by atoms with Crippen LogP contribution in [-0.2, 0) is 6.54 Å². The molecule has 0 aliphatic carbocycles. The van der Waals surface area contributed by atoms with Crippen LogP contribution in [0.5, 0.6) is 0 Å². The molecule has 1 aromatic carbocycles. The molecule has 3 heteroatoms. The molecule has 0 amide bonds. The standard InChI is InChI=1S/C14H19N3/c1-3-8-17-9-7-16-14(17)13(15)12-6-4-5-11(2)10-12/h4-7,9-10,13H,3,8,15H2,1-2H3. The van der Waals surface area contributed by atoms with Crippen LogP contribution >= 0.6 is 0 Å². The van der Waals surface area contributed by atoms with Crippen molar-refractivity contribution in [3.8, 4) is 0 Å². The van der Waals surface area contributed by atoms with Crippen molar-refractivity contribution in [2.75, 3.05) is 0 Å². The topological polar surface area (TPSA) is 43.8 Å². The highest BCUT2D eigenvalue weighted by atomic mass is 15.1. The molecule has 1 unspecified atom stereocenters. The maximum atomic E-state index is 6.28. The average Bonchev–Trinajstić information content (AvgIpc) is 2.77. The molecule has 0 saturated carbocycles. The van der Waals surface area contributed by atoms with Crippen LogP contribution in [0.3, 0.4) is 0 Å². The first-order valence-electron chi connectivity index (χ1n) is 6.05. The number of aromatic nitrogens is 2. The molecule has 3 nitrogen and oxygen atoms in total. The van der Waals surface area contributed by atoms with Gasteiger partial charge in [0.05, 0.1) is 6.04 Å². The van der Waals surface area contributed by atoms with Crippen molar-refractivity contribution in [2.24, 2.45) is 5.73 Å². The number of benzene rings is 1. The maximum Gasteiger partial charge on any atom is 0.130 e. The van der Waals surface area contributed by atoms with Crippen LogP contribution in [-0.4, -0.2) is 9.55 Å². The summed E-state index contributed by atoms with van der Waals surface area (Å²) in [4.78, 5) is 4.38. The minimum Gasteiger partial charge on any atom is -0.333 e. The Morgan fingerprint density at radius 2 is 2.24 bits per heavy atom. The smallest absolute Gasteiger partial charge is 0.130 e. The number of nitrogens with zero attached hydrogens (tertiary/aromatic N) is 2. The van der Waals surface area contributed by atoms with E-state index in [1.807, 2.05) is 18.5 Å². The Hall–Kier alpha value is -1.61. The highest BCUT2D eigenvalue weighted by molar-refractivity contribution is 5.28. The summed E-state index contributed by atoms with van der Waals surface area (Å²) in [6.07, 6.45) is 4.90. The third-order valence-electron chi connectivity index (χ3n) is 2.89. The van der Waals surface area contributed by atoms with Gasteiger partial charge in [0.25, 0.3) is 0 Å². The molecule has 1 aromatic heterocycles. The second-order valence-corrected chi connectivity index (χ2v) is 4.37. The van der Waals surface area contributed by atoms with E-state index in [1.54, 1.807) is 0 Å². The molecule has 0 aliphatic rings. The van der Waals surface area contributed by atoms with E-state index in [4.69, 9.17) is 5.73 Å². The molecule has 0 spiro atoms. The first kappa shape index (κ1) is 11.9. The van der Waals surface area contributed by atoms with Crippen molar-refractivity contribution in [1.82, 2.24) is 9.55 Å². The van der Waals surface area contributed by atoms with Gasteiger partial charge in [0.2, 0.25) is 0 Å². The molecular weight excluding hydrogens is 210 g/mol. The van der Waals surface area contributed by atoms with Gasteiger partial charge in [-0.05, 0) is 18.9 Å². The highest BCUT2D eigenvalue weighted by Gasteiger charge is 2.14. The molecule has 90 valence electrons. The summed E-state index contributed by atoms with van der Waals surface area (Å²) in [5, 5.41) is 0. The molecular formula is C14H19N3. The van der Waals surface area contributed by atoms with E-state index in [0.717, 1.165) is 24.4 Å². The summed E-state index contributed by atoms with van der Waals surface area (Å²) in [6.45, 7) is 5.20. The highest BCUT2D eigenvalue weighted by Crippen LogP contribution is 2.19. The van der Waals surface area contributed by atoms with Gasteiger partial charge >= 0.3 is 0 Å². The van der Waals surface area contributed by atoms with Crippen molar-refractivity contribution in [1.29, 1.82) is 0 Å². The molecule has 0 saturated heterocycles. The second kappa shape index (κ2) is 5.15. The predicted molar refractivity (Wildman–Crippen MR) is 69.7 cm³/mol. The predicted octanol–water partition coefficient (Wildman–Crippen LogP) is 2.65. The van der Waals surface area contributed by atoms with Gasteiger partial charge in [0.15, 0.2) is 0 Å². The lowest BCUT2D eigenvalue weighted by molar-refractivity contribution is 0.613. The number of hydrogen-bond acceptors (Lipinski definition) is 2. The monoisotopic (exact) mass is 229 g/mol. The quantitative estimate of drug-likeness (QED) is 0.876. The third kappa shape index (κ3) is 2.56. The van der Waals surface area contributed by atoms with Crippen molar-refractivity contribution in [2.45, 2.75) is 32.9 Å². The van der Waals surface area contributed by atoms with Crippen LogP contribution in [0.2, 0.25) is 0 Å². The van der Waals surface area contributed by atoms with Crippen LogP contribution in [0.1, 0.15) is 36.3 Å². The van der Waals surface area contributed by atoms with Gasteiger partial charge in [-0.25, -0.2) is 4.98 Å². The molecule has 0 aliphatic heterocycles. The minimum atomic E-state index is -0.142. The SMILES string of the molecule is CCCn1ccnc1C(N)c1cccc(C)c1. The Balaban J connectivity index is 2.30. The van der Waals surface area contributed by atoms with Gasteiger partial charge in [-0.3, -0.25) is 0 Å². The number of hydrogen-bond donors (Lipinski definition) is 1. The first-order chi connectivity index (χ1) is 8.22. The third-order valence-corrected chi connectivity index (χ3v) is 2.89. The number of rotatable bonds is 4. The van der Waals surface area contributed by atoms with Gasteiger partial charge < -0.3 is 10.3 Å². The van der Waals surface area contributed by atoms with E-state index in [-0.39, 0.29) is 6.04 Å². The first-order valence-corrected chi connectivity index (χ1v) is 6.05. The minimum absolute atomic E-state index is 0.142. The van der Waals surface area contributed by atoms with Gasteiger partial charge in [0.1, 0.15) is 5.82 Å². The fourth-order valence-corrected chi connectivity index (χ4v) is 2.04. The summed E-state index contributed by atoms with van der Waals surface area (Å²) in [7, 11) is 0. The van der Waals surface area contributed by atoms with Crippen molar-refractivity contribution >= 4 is 0 Å². The zero-order valence-corrected chi connectivity index (χ0v) is 10.4. The number of nitrogens with two attached hydrogens (primary N) is 1. The van der Waals surface area contributed by atoms with E-state index in [1.165, 1.54) is 5.56 Å². The lowest BCUT2D eigenvalue weighted by Gasteiger charge is -2.14. The summed E-state index contributed by atoms with van der Waals surface area (Å²) < 4.78 is 2.13. The number of aryl methyl sites for hydroxylation is 2. The van der Waals surface area contributed by atoms with Gasteiger partial charge in [-0.1, -0.05) is 36.8 Å². The maximum absolute atomic E-state index is 6.28. The normalized spacial score (nSPS) is 12.6. The van der Waals surface area contributed by atoms with Crippen molar-refractivity contribution < 1.29 is 0 Å². The van der Waals surface area contributed by atoms with Crippen LogP contribution < -0.4 is 5.73 Å². The van der Waals surface area contributed by atoms with Crippen LogP contribution in [0, 0.1) is 6.92 Å². The van der Waals surface area contributed by atoms with Gasteiger partial charge in [-0.2, -0.15) is 0 Å². The van der Waals surface area contributed by atoms with Crippen LogP contribution in [0.4, 0.5) is 0 Å². The molecule has 2 rings (SSSR count). The van der Waals surface area contributed by atoms with E-state index < -0.39 is 0 Å². The molecule has 2 N–H and O–H groups in total. The molecule has 1 atom stereocenters. The Morgan fingerprint density at radius 3 is 2.94 bits per heavy atom. The number of imidazole rings is 1. The van der Waals surface area contributed by atoms with Gasteiger partial charge in [-0.15, -0.1) is 0 Å². The lowest BCUT2D eigenvalue weighted by Crippen LogP contribution is -2.18. The summed E-state index contributed by atoms with van der Waals surface area (Å²) in [5.74, 6) is 0.942. The Kier molecular flexibility index (Phi) is 3.59. The van der Waals surface area contributed by atoms with E-state index in [0.29, 0.717) is 0 Å². The zero-order valence-electron chi connectivity index (χ0n) is 10.4. The Morgan fingerprint density at radius 1 is 1.41 bits per heavy atom. The largest absolute Gasteiger partial charge is 0.333 e. The lowest BCUT2D eigenvalue weighted by atomic mass is 10.0. The summed E-state index contributed by atoms with van der Waals surface area (Å²) in [5.41, 5.74) is 8.62. The van der Waals surface area contributed by atoms with Crippen LogP contribution in [0.25, 0.3) is 0 Å². The summed E-state index contributed by atoms with van der Waals surface area (Å²) in [6, 6.07) is 8.15. The molecule has 1 heterocycles. The average molecular weight is 229 g/mol. The van der Waals surface area contributed by atoms with Gasteiger partial charge in [0, 0.05) is 18.9 Å². The molecule has 0 fully saturated rings. The van der Waals surface area contributed by atoms with E-state index in [9.17, 15) is 0 Å².